The van der Waals surface area contributed by atoms with E-state index in [9.17, 15) is 8.42 Å². The zero-order valence-corrected chi connectivity index (χ0v) is 9.64. The van der Waals surface area contributed by atoms with Gasteiger partial charge < -0.3 is 4.74 Å². The van der Waals surface area contributed by atoms with Crippen molar-refractivity contribution in [3.63, 3.8) is 0 Å². The second-order valence-corrected chi connectivity index (χ2v) is 6.38. The van der Waals surface area contributed by atoms with Crippen LogP contribution in [0.25, 0.3) is 0 Å². The number of rotatable bonds is 3. The summed E-state index contributed by atoms with van der Waals surface area (Å²) in [6.45, 7) is 4.44. The summed E-state index contributed by atoms with van der Waals surface area (Å²) < 4.78 is 27.9. The highest BCUT2D eigenvalue weighted by molar-refractivity contribution is 7.91. The Morgan fingerprint density at radius 2 is 2.21 bits per heavy atom. The van der Waals surface area contributed by atoms with Crippen molar-refractivity contribution in [3.05, 3.63) is 11.8 Å². The van der Waals surface area contributed by atoms with Crippen LogP contribution in [0.4, 0.5) is 0 Å². The summed E-state index contributed by atoms with van der Waals surface area (Å²) in [5, 5.41) is 0. The largest absolute Gasteiger partial charge is 0.501 e. The Labute approximate surface area is 86.1 Å². The van der Waals surface area contributed by atoms with E-state index in [0.717, 1.165) is 18.4 Å². The lowest BCUT2D eigenvalue weighted by molar-refractivity contribution is 0.193. The predicted octanol–water partition coefficient (Wildman–Crippen LogP) is 1.75. The van der Waals surface area contributed by atoms with Crippen molar-refractivity contribution in [2.24, 2.45) is 5.92 Å². The molecule has 1 rings (SSSR count). The molecule has 0 radical (unpaired) electrons. The average Bonchev–Trinajstić information content (AvgIpc) is 2.01. The van der Waals surface area contributed by atoms with Crippen molar-refractivity contribution in [2.75, 3.05) is 18.1 Å². The zero-order valence-electron chi connectivity index (χ0n) is 8.82. The fourth-order valence-electron chi connectivity index (χ4n) is 1.60. The maximum Gasteiger partial charge on any atom is 0.150 e. The molecule has 1 heterocycles. The van der Waals surface area contributed by atoms with Crippen LogP contribution in [0.1, 0.15) is 26.7 Å². The number of allylic oxidation sites excluding steroid dienone is 1. The second kappa shape index (κ2) is 4.82. The third kappa shape index (κ3) is 4.13. The molecule has 0 aromatic carbocycles. The van der Waals surface area contributed by atoms with Crippen molar-refractivity contribution in [1.29, 1.82) is 0 Å². The Kier molecular flexibility index (Phi) is 3.98. The first-order chi connectivity index (χ1) is 6.49. The molecule has 4 heteroatoms. The van der Waals surface area contributed by atoms with Crippen molar-refractivity contribution < 1.29 is 13.2 Å². The van der Waals surface area contributed by atoms with Crippen LogP contribution in [0, 0.1) is 5.92 Å². The van der Waals surface area contributed by atoms with Gasteiger partial charge in [0.2, 0.25) is 0 Å². The van der Waals surface area contributed by atoms with E-state index in [0.29, 0.717) is 18.1 Å². The van der Waals surface area contributed by atoms with Crippen LogP contribution >= 0.6 is 0 Å². The number of sulfone groups is 1. The van der Waals surface area contributed by atoms with Gasteiger partial charge in [0.1, 0.15) is 0 Å². The summed E-state index contributed by atoms with van der Waals surface area (Å²) in [7, 11) is -2.78. The van der Waals surface area contributed by atoms with E-state index in [2.05, 4.69) is 0 Å². The summed E-state index contributed by atoms with van der Waals surface area (Å²) in [6.07, 6.45) is 3.45. The molecule has 0 bridgehead atoms. The monoisotopic (exact) mass is 218 g/mol. The van der Waals surface area contributed by atoms with Crippen LogP contribution in [0.2, 0.25) is 0 Å². The third-order valence-electron chi connectivity index (χ3n) is 2.21. The van der Waals surface area contributed by atoms with Crippen LogP contribution < -0.4 is 0 Å². The van der Waals surface area contributed by atoms with Crippen molar-refractivity contribution in [2.45, 2.75) is 26.7 Å². The summed E-state index contributed by atoms with van der Waals surface area (Å²) in [5.41, 5.74) is 1.10. The van der Waals surface area contributed by atoms with Crippen LogP contribution in [0.15, 0.2) is 11.8 Å². The molecule has 1 fully saturated rings. The van der Waals surface area contributed by atoms with Gasteiger partial charge >= 0.3 is 0 Å². The minimum Gasteiger partial charge on any atom is -0.501 e. The summed E-state index contributed by atoms with van der Waals surface area (Å²) >= 11 is 0. The topological polar surface area (TPSA) is 43.4 Å². The highest BCUT2D eigenvalue weighted by atomic mass is 32.2. The highest BCUT2D eigenvalue weighted by Gasteiger charge is 2.24. The van der Waals surface area contributed by atoms with Crippen LogP contribution in [0.5, 0.6) is 0 Å². The molecule has 82 valence electrons. The molecule has 14 heavy (non-hydrogen) atoms. The molecule has 0 saturated carbocycles. The molecule has 1 saturated heterocycles. The third-order valence-corrected chi connectivity index (χ3v) is 4.10. The Balaban J connectivity index is 2.35. The van der Waals surface area contributed by atoms with Crippen molar-refractivity contribution >= 4 is 9.84 Å². The van der Waals surface area contributed by atoms with E-state index in [1.165, 1.54) is 0 Å². The number of hydrogen-bond donors (Lipinski definition) is 0. The Bertz CT molecular complexity index is 299. The lowest BCUT2D eigenvalue weighted by Gasteiger charge is -2.21. The molecule has 3 nitrogen and oxygen atoms in total. The van der Waals surface area contributed by atoms with E-state index >= 15 is 0 Å². The summed E-state index contributed by atoms with van der Waals surface area (Å²) in [6, 6.07) is 0. The van der Waals surface area contributed by atoms with Gasteiger partial charge in [-0.1, -0.05) is 0 Å². The van der Waals surface area contributed by atoms with Gasteiger partial charge in [-0.25, -0.2) is 8.42 Å². The Hall–Kier alpha value is -0.510. The van der Waals surface area contributed by atoms with E-state index < -0.39 is 9.84 Å². The molecule has 1 unspecified atom stereocenters. The predicted molar refractivity (Wildman–Crippen MR) is 56.8 cm³/mol. The first-order valence-electron chi connectivity index (χ1n) is 4.95. The maximum atomic E-state index is 11.3. The van der Waals surface area contributed by atoms with Crippen LogP contribution in [0.3, 0.4) is 0 Å². The van der Waals surface area contributed by atoms with Gasteiger partial charge in [-0.15, -0.1) is 0 Å². The van der Waals surface area contributed by atoms with Gasteiger partial charge in [0.05, 0.1) is 24.4 Å². The molecular weight excluding hydrogens is 200 g/mol. The molecule has 1 aliphatic heterocycles. The van der Waals surface area contributed by atoms with Gasteiger partial charge in [-0.2, -0.15) is 0 Å². The first-order valence-corrected chi connectivity index (χ1v) is 6.77. The van der Waals surface area contributed by atoms with E-state index in [-0.39, 0.29) is 5.92 Å². The highest BCUT2D eigenvalue weighted by Crippen LogP contribution is 2.18. The number of ether oxygens (including phenoxy) is 1. The molecule has 0 spiro atoms. The van der Waals surface area contributed by atoms with E-state index in [4.69, 9.17) is 4.74 Å². The smallest absolute Gasteiger partial charge is 0.150 e. The first kappa shape index (κ1) is 11.6. The van der Waals surface area contributed by atoms with Crippen molar-refractivity contribution in [3.8, 4) is 0 Å². The van der Waals surface area contributed by atoms with Gasteiger partial charge in [-0.3, -0.25) is 0 Å². The van der Waals surface area contributed by atoms with Crippen LogP contribution in [-0.2, 0) is 14.6 Å². The second-order valence-electron chi connectivity index (χ2n) is 4.15. The molecule has 1 aliphatic rings. The van der Waals surface area contributed by atoms with Crippen LogP contribution in [-0.4, -0.2) is 26.5 Å². The lowest BCUT2D eigenvalue weighted by atomic mass is 10.1. The van der Waals surface area contributed by atoms with E-state index in [1.807, 2.05) is 13.8 Å². The Morgan fingerprint density at radius 3 is 2.79 bits per heavy atom. The minimum atomic E-state index is -2.78. The fourth-order valence-corrected chi connectivity index (χ4v) is 3.35. The van der Waals surface area contributed by atoms with Gasteiger partial charge in [0.25, 0.3) is 0 Å². The Morgan fingerprint density at radius 1 is 1.50 bits per heavy atom. The summed E-state index contributed by atoms with van der Waals surface area (Å²) in [4.78, 5) is 0. The fraction of sp³-hybridized carbons (Fsp3) is 0.800. The maximum absolute atomic E-state index is 11.3. The lowest BCUT2D eigenvalue weighted by Crippen LogP contribution is -2.27. The minimum absolute atomic E-state index is 0.185. The van der Waals surface area contributed by atoms with Gasteiger partial charge in [0, 0.05) is 5.92 Å². The number of hydrogen-bond acceptors (Lipinski definition) is 3. The summed E-state index contributed by atoms with van der Waals surface area (Å²) in [5.74, 6) is 0.833. The molecule has 1 atom stereocenters. The quantitative estimate of drug-likeness (QED) is 0.678. The SMILES string of the molecule is CC(C)=COCC1CCCS(=O)(=O)C1. The van der Waals surface area contributed by atoms with Gasteiger partial charge in [0.15, 0.2) is 9.84 Å². The standard InChI is InChI=1S/C10H18O3S/c1-9(2)6-13-7-10-4-3-5-14(11,12)8-10/h6,10H,3-5,7-8H2,1-2H3. The normalized spacial score (nSPS) is 25.4. The molecule has 0 aromatic heterocycles. The molecule has 0 aromatic rings. The van der Waals surface area contributed by atoms with Gasteiger partial charge in [-0.05, 0) is 32.3 Å². The molecule has 0 N–H and O–H groups in total. The zero-order chi connectivity index (χ0) is 10.6. The molecule has 0 amide bonds. The molecule has 0 aliphatic carbocycles. The van der Waals surface area contributed by atoms with Crippen molar-refractivity contribution in [1.82, 2.24) is 0 Å². The van der Waals surface area contributed by atoms with E-state index in [1.54, 1.807) is 6.26 Å². The average molecular weight is 218 g/mol. The molecular formula is C10H18O3S.